The van der Waals surface area contributed by atoms with Crippen molar-refractivity contribution in [2.75, 3.05) is 0 Å². The van der Waals surface area contributed by atoms with E-state index in [9.17, 15) is 5.11 Å². The van der Waals surface area contributed by atoms with Gasteiger partial charge in [-0.05, 0) is 34.5 Å². The van der Waals surface area contributed by atoms with Crippen LogP contribution in [0.3, 0.4) is 0 Å². The van der Waals surface area contributed by atoms with Gasteiger partial charge in [-0.2, -0.15) is 0 Å². The molecule has 1 N–H and O–H groups in total. The molecule has 1 rings (SSSR count). The summed E-state index contributed by atoms with van der Waals surface area (Å²) in [6.07, 6.45) is 0.214. The van der Waals surface area contributed by atoms with Gasteiger partial charge >= 0.3 is 0 Å². The molecule has 2 nitrogen and oxygen atoms in total. The van der Waals surface area contributed by atoms with Crippen LogP contribution in [0.4, 0.5) is 0 Å². The second-order valence-corrected chi connectivity index (χ2v) is 2.85. The molecule has 0 amide bonds. The lowest BCUT2D eigenvalue weighted by Crippen LogP contribution is -1.90. The standard InChI is InChI=1S/C7H9BrO2/c1-2-5(9)6-3-4-7(8)10-6/h3-5,9H,2H2,1H3/t5-/m0/s1. The molecular formula is C7H9BrO2. The zero-order valence-electron chi connectivity index (χ0n) is 5.67. The normalized spacial score (nSPS) is 13.5. The van der Waals surface area contributed by atoms with Gasteiger partial charge in [0.25, 0.3) is 0 Å². The summed E-state index contributed by atoms with van der Waals surface area (Å²) in [4.78, 5) is 0. The van der Waals surface area contributed by atoms with Crippen molar-refractivity contribution in [3.63, 3.8) is 0 Å². The number of hydrogen-bond donors (Lipinski definition) is 1. The molecule has 0 bridgehead atoms. The summed E-state index contributed by atoms with van der Waals surface area (Å²) in [5.74, 6) is 0.620. The second kappa shape index (κ2) is 3.21. The van der Waals surface area contributed by atoms with Crippen LogP contribution in [0, 0.1) is 0 Å². The van der Waals surface area contributed by atoms with Crippen molar-refractivity contribution in [1.82, 2.24) is 0 Å². The van der Waals surface area contributed by atoms with Crippen LogP contribution in [0.5, 0.6) is 0 Å². The molecule has 3 heteroatoms. The van der Waals surface area contributed by atoms with E-state index < -0.39 is 6.10 Å². The smallest absolute Gasteiger partial charge is 0.169 e. The first-order valence-corrected chi connectivity index (χ1v) is 3.96. The van der Waals surface area contributed by atoms with Crippen LogP contribution in [-0.2, 0) is 0 Å². The molecule has 0 radical (unpaired) electrons. The Morgan fingerprint density at radius 3 is 2.80 bits per heavy atom. The molecule has 0 saturated carbocycles. The van der Waals surface area contributed by atoms with E-state index in [1.54, 1.807) is 12.1 Å². The van der Waals surface area contributed by atoms with Crippen molar-refractivity contribution in [3.8, 4) is 0 Å². The maximum Gasteiger partial charge on any atom is 0.169 e. The van der Waals surface area contributed by atoms with E-state index in [-0.39, 0.29) is 0 Å². The Morgan fingerprint density at radius 1 is 1.70 bits per heavy atom. The van der Waals surface area contributed by atoms with Crippen molar-refractivity contribution in [2.45, 2.75) is 19.4 Å². The number of furan rings is 1. The molecule has 0 saturated heterocycles. The Bertz CT molecular complexity index is 207. The first-order chi connectivity index (χ1) is 4.74. The molecule has 0 aliphatic carbocycles. The quantitative estimate of drug-likeness (QED) is 0.804. The van der Waals surface area contributed by atoms with Crippen LogP contribution < -0.4 is 0 Å². The van der Waals surface area contributed by atoms with Gasteiger partial charge in [-0.15, -0.1) is 0 Å². The topological polar surface area (TPSA) is 33.4 Å². The lowest BCUT2D eigenvalue weighted by Gasteiger charge is -2.00. The number of aliphatic hydroxyl groups is 1. The Kier molecular flexibility index (Phi) is 2.51. The first-order valence-electron chi connectivity index (χ1n) is 3.17. The van der Waals surface area contributed by atoms with Gasteiger partial charge in [-0.1, -0.05) is 6.92 Å². The highest BCUT2D eigenvalue weighted by Crippen LogP contribution is 2.21. The predicted molar refractivity (Wildman–Crippen MR) is 41.7 cm³/mol. The molecule has 1 aromatic heterocycles. The largest absolute Gasteiger partial charge is 0.452 e. The van der Waals surface area contributed by atoms with E-state index in [4.69, 9.17) is 4.42 Å². The van der Waals surface area contributed by atoms with E-state index >= 15 is 0 Å². The monoisotopic (exact) mass is 204 g/mol. The first kappa shape index (κ1) is 7.82. The van der Waals surface area contributed by atoms with Gasteiger partial charge < -0.3 is 9.52 Å². The van der Waals surface area contributed by atoms with Crippen molar-refractivity contribution in [2.24, 2.45) is 0 Å². The van der Waals surface area contributed by atoms with Crippen molar-refractivity contribution >= 4 is 15.9 Å². The Labute approximate surface area is 68.0 Å². The summed E-state index contributed by atoms with van der Waals surface area (Å²) in [6, 6.07) is 3.53. The van der Waals surface area contributed by atoms with Crippen molar-refractivity contribution in [1.29, 1.82) is 0 Å². The van der Waals surface area contributed by atoms with Crippen LogP contribution in [0.1, 0.15) is 25.2 Å². The van der Waals surface area contributed by atoms with Gasteiger partial charge in [-0.3, -0.25) is 0 Å². The van der Waals surface area contributed by atoms with E-state index in [1.165, 1.54) is 0 Å². The molecule has 0 fully saturated rings. The van der Waals surface area contributed by atoms with Gasteiger partial charge in [0.2, 0.25) is 0 Å². The summed E-state index contributed by atoms with van der Waals surface area (Å²) < 4.78 is 5.76. The van der Waals surface area contributed by atoms with Crippen molar-refractivity contribution in [3.05, 3.63) is 22.6 Å². The lowest BCUT2D eigenvalue weighted by molar-refractivity contribution is 0.144. The summed E-state index contributed by atoms with van der Waals surface area (Å²) >= 11 is 3.15. The van der Waals surface area contributed by atoms with E-state index in [2.05, 4.69) is 15.9 Å². The molecule has 1 aromatic rings. The molecule has 0 aromatic carbocycles. The SMILES string of the molecule is CC[C@H](O)c1ccc(Br)o1. The van der Waals surface area contributed by atoms with Gasteiger partial charge in [0.1, 0.15) is 11.9 Å². The Balaban J connectivity index is 2.74. The van der Waals surface area contributed by atoms with Gasteiger partial charge in [0.05, 0.1) is 0 Å². The van der Waals surface area contributed by atoms with Crippen LogP contribution in [0.15, 0.2) is 21.2 Å². The molecule has 0 aliphatic rings. The van der Waals surface area contributed by atoms with E-state index in [1.807, 2.05) is 6.92 Å². The van der Waals surface area contributed by atoms with Crippen LogP contribution in [0.2, 0.25) is 0 Å². The lowest BCUT2D eigenvalue weighted by atomic mass is 10.2. The molecule has 56 valence electrons. The summed E-state index contributed by atoms with van der Waals surface area (Å²) in [7, 11) is 0. The molecule has 0 aliphatic heterocycles. The molecule has 0 unspecified atom stereocenters. The highest BCUT2D eigenvalue weighted by molar-refractivity contribution is 9.10. The van der Waals surface area contributed by atoms with Gasteiger partial charge in [0.15, 0.2) is 4.67 Å². The zero-order chi connectivity index (χ0) is 7.56. The summed E-state index contributed by atoms with van der Waals surface area (Å²) in [5, 5.41) is 9.23. The maximum absolute atomic E-state index is 9.23. The Morgan fingerprint density at radius 2 is 2.40 bits per heavy atom. The minimum absolute atomic E-state index is 0.466. The number of halogens is 1. The Hall–Kier alpha value is -0.280. The minimum atomic E-state index is -0.466. The average molecular weight is 205 g/mol. The highest BCUT2D eigenvalue weighted by Gasteiger charge is 2.07. The maximum atomic E-state index is 9.23. The average Bonchev–Trinajstić information content (AvgIpc) is 2.34. The fraction of sp³-hybridized carbons (Fsp3) is 0.429. The van der Waals surface area contributed by atoms with Crippen LogP contribution in [-0.4, -0.2) is 5.11 Å². The fourth-order valence-electron chi connectivity index (χ4n) is 0.709. The molecular weight excluding hydrogens is 196 g/mol. The van der Waals surface area contributed by atoms with Crippen LogP contribution >= 0.6 is 15.9 Å². The van der Waals surface area contributed by atoms with Gasteiger partial charge in [0, 0.05) is 0 Å². The molecule has 1 atom stereocenters. The third kappa shape index (κ3) is 1.61. The van der Waals surface area contributed by atoms with Crippen molar-refractivity contribution < 1.29 is 9.52 Å². The predicted octanol–water partition coefficient (Wildman–Crippen LogP) is 2.49. The zero-order valence-corrected chi connectivity index (χ0v) is 7.26. The number of rotatable bonds is 2. The minimum Gasteiger partial charge on any atom is -0.452 e. The third-order valence-electron chi connectivity index (χ3n) is 1.31. The van der Waals surface area contributed by atoms with E-state index in [0.717, 1.165) is 0 Å². The highest BCUT2D eigenvalue weighted by atomic mass is 79.9. The molecule has 10 heavy (non-hydrogen) atoms. The number of hydrogen-bond acceptors (Lipinski definition) is 2. The van der Waals surface area contributed by atoms with E-state index in [0.29, 0.717) is 16.9 Å². The fourth-order valence-corrected chi connectivity index (χ4v) is 1.03. The third-order valence-corrected chi connectivity index (χ3v) is 1.74. The second-order valence-electron chi connectivity index (χ2n) is 2.07. The van der Waals surface area contributed by atoms with Gasteiger partial charge in [-0.25, -0.2) is 0 Å². The summed E-state index contributed by atoms with van der Waals surface area (Å²) in [5.41, 5.74) is 0. The molecule has 1 heterocycles. The summed E-state index contributed by atoms with van der Waals surface area (Å²) in [6.45, 7) is 1.90. The number of aliphatic hydroxyl groups excluding tert-OH is 1. The van der Waals surface area contributed by atoms with Crippen LogP contribution in [0.25, 0.3) is 0 Å². The molecule has 0 spiro atoms.